The summed E-state index contributed by atoms with van der Waals surface area (Å²) in [6.45, 7) is 0.158. The number of nitrogens with two attached hydrogens (primary N) is 1. The molecular weight excluding hydrogens is 473 g/mol. The molecule has 1 unspecified atom stereocenters. The summed E-state index contributed by atoms with van der Waals surface area (Å²) in [4.78, 5) is 30.4. The Balaban J connectivity index is 1.57. The lowest BCUT2D eigenvalue weighted by Gasteiger charge is -2.29. The van der Waals surface area contributed by atoms with Gasteiger partial charge in [0.25, 0.3) is 11.8 Å². The Morgan fingerprint density at radius 1 is 1.31 bits per heavy atom. The van der Waals surface area contributed by atoms with Gasteiger partial charge in [-0.25, -0.2) is 4.39 Å². The molecule has 0 bridgehead atoms. The molecule has 184 valence electrons. The predicted octanol–water partition coefficient (Wildman–Crippen LogP) is 1.41. The lowest BCUT2D eigenvalue weighted by molar-refractivity contribution is -0.154. The topological polar surface area (TPSA) is 153 Å². The monoisotopic (exact) mass is 499 g/mol. The number of aromatic nitrogens is 1. The summed E-state index contributed by atoms with van der Waals surface area (Å²) < 4.78 is 14.4. The molecule has 0 saturated carbocycles. The third-order valence-corrected chi connectivity index (χ3v) is 6.51. The number of pyridine rings is 1. The third-order valence-electron chi connectivity index (χ3n) is 5.62. The highest BCUT2D eigenvalue weighted by atomic mass is 32.2. The van der Waals surface area contributed by atoms with Crippen LogP contribution in [0.4, 0.5) is 4.39 Å². The van der Waals surface area contributed by atoms with E-state index in [1.807, 2.05) is 6.07 Å². The maximum Gasteiger partial charge on any atom is 0.255 e. The number of likely N-dealkylation sites (tertiary alicyclic amines) is 1. The van der Waals surface area contributed by atoms with Crippen LogP contribution < -0.4 is 11.1 Å². The van der Waals surface area contributed by atoms with Crippen molar-refractivity contribution >= 4 is 23.6 Å². The minimum Gasteiger partial charge on any atom is -0.404 e. The SMILES string of the molecule is N#Cc1ccccc1-c1ccc(CNC(=O)[C@H](O)[C@@H](O)C(=O)N2CCC[C@@H]2C(F)S/C=C\N)nc1. The number of benzene rings is 1. The van der Waals surface area contributed by atoms with E-state index in [0.29, 0.717) is 24.1 Å². The predicted molar refractivity (Wildman–Crippen MR) is 129 cm³/mol. The van der Waals surface area contributed by atoms with Gasteiger partial charge in [0, 0.05) is 30.1 Å². The number of amides is 2. The summed E-state index contributed by atoms with van der Waals surface area (Å²) in [5.41, 5.74) is 6.20. The number of nitriles is 1. The Kier molecular flexibility index (Phi) is 9.19. The van der Waals surface area contributed by atoms with E-state index < -0.39 is 35.6 Å². The summed E-state index contributed by atoms with van der Waals surface area (Å²) >= 11 is 0.816. The second kappa shape index (κ2) is 12.3. The van der Waals surface area contributed by atoms with E-state index in [1.54, 1.807) is 36.5 Å². The lowest BCUT2D eigenvalue weighted by atomic mass is 10.0. The third kappa shape index (κ3) is 6.36. The first-order valence-corrected chi connectivity index (χ1v) is 11.9. The number of halogens is 1. The molecule has 4 atom stereocenters. The molecule has 1 aromatic carbocycles. The Morgan fingerprint density at radius 2 is 2.09 bits per heavy atom. The van der Waals surface area contributed by atoms with Gasteiger partial charge in [0.15, 0.2) is 17.7 Å². The number of rotatable bonds is 9. The quantitative estimate of drug-likeness (QED) is 0.404. The second-order valence-electron chi connectivity index (χ2n) is 7.86. The second-order valence-corrected chi connectivity index (χ2v) is 8.85. The molecule has 1 fully saturated rings. The van der Waals surface area contributed by atoms with Gasteiger partial charge in [-0.15, -0.1) is 0 Å². The molecule has 3 rings (SSSR count). The summed E-state index contributed by atoms with van der Waals surface area (Å²) in [7, 11) is 0. The molecule has 2 aromatic rings. The maximum atomic E-state index is 14.4. The Bertz CT molecular complexity index is 1110. The molecule has 9 nitrogen and oxygen atoms in total. The Morgan fingerprint density at radius 3 is 2.77 bits per heavy atom. The van der Waals surface area contributed by atoms with Crippen molar-refractivity contribution in [3.63, 3.8) is 0 Å². The number of thioether (sulfide) groups is 1. The fourth-order valence-corrected chi connectivity index (χ4v) is 4.51. The van der Waals surface area contributed by atoms with Crippen LogP contribution >= 0.6 is 11.8 Å². The van der Waals surface area contributed by atoms with Gasteiger partial charge >= 0.3 is 0 Å². The fourth-order valence-electron chi connectivity index (χ4n) is 3.80. The number of nitrogens with one attached hydrogen (secondary N) is 1. The molecule has 2 amide bonds. The lowest BCUT2D eigenvalue weighted by Crippen LogP contribution is -2.52. The van der Waals surface area contributed by atoms with Crippen LogP contribution in [-0.2, 0) is 16.1 Å². The largest absolute Gasteiger partial charge is 0.404 e. The average molecular weight is 500 g/mol. The van der Waals surface area contributed by atoms with Gasteiger partial charge in [0.05, 0.1) is 29.9 Å². The van der Waals surface area contributed by atoms with Gasteiger partial charge < -0.3 is 26.2 Å². The number of hydrogen-bond acceptors (Lipinski definition) is 8. The highest BCUT2D eigenvalue weighted by Crippen LogP contribution is 2.30. The van der Waals surface area contributed by atoms with Crippen LogP contribution in [0.25, 0.3) is 11.1 Å². The van der Waals surface area contributed by atoms with E-state index in [-0.39, 0.29) is 13.1 Å². The van der Waals surface area contributed by atoms with Crippen LogP contribution in [-0.4, -0.2) is 62.2 Å². The Hall–Kier alpha value is -3.46. The van der Waals surface area contributed by atoms with Gasteiger partial charge in [-0.2, -0.15) is 5.26 Å². The minimum absolute atomic E-state index is 0.0576. The van der Waals surface area contributed by atoms with E-state index in [9.17, 15) is 29.5 Å². The first kappa shape index (κ1) is 26.2. The molecule has 0 radical (unpaired) electrons. The van der Waals surface area contributed by atoms with Crippen molar-refractivity contribution in [3.05, 3.63) is 65.5 Å². The molecule has 1 aliphatic heterocycles. The molecule has 1 saturated heterocycles. The number of aliphatic hydroxyl groups excluding tert-OH is 2. The van der Waals surface area contributed by atoms with Crippen molar-refractivity contribution in [2.24, 2.45) is 5.73 Å². The van der Waals surface area contributed by atoms with E-state index >= 15 is 0 Å². The highest BCUT2D eigenvalue weighted by molar-refractivity contribution is 8.02. The molecule has 11 heteroatoms. The molecule has 2 heterocycles. The molecule has 1 aromatic heterocycles. The summed E-state index contributed by atoms with van der Waals surface area (Å²) in [5, 5.41) is 33.6. The molecule has 5 N–H and O–H groups in total. The van der Waals surface area contributed by atoms with E-state index in [1.165, 1.54) is 11.6 Å². The van der Waals surface area contributed by atoms with Crippen molar-refractivity contribution in [1.29, 1.82) is 5.26 Å². The van der Waals surface area contributed by atoms with Crippen molar-refractivity contribution in [2.45, 2.75) is 43.1 Å². The van der Waals surface area contributed by atoms with Crippen molar-refractivity contribution in [1.82, 2.24) is 15.2 Å². The summed E-state index contributed by atoms with van der Waals surface area (Å²) in [6.07, 6.45) is -0.372. The molecule has 35 heavy (non-hydrogen) atoms. The number of carbonyl (C=O) groups excluding carboxylic acids is 2. The molecular formula is C24H26FN5O4S. The van der Waals surface area contributed by atoms with Crippen LogP contribution in [0.2, 0.25) is 0 Å². The Labute approximate surface area is 206 Å². The molecule has 1 aliphatic rings. The zero-order chi connectivity index (χ0) is 25.4. The highest BCUT2D eigenvalue weighted by Gasteiger charge is 2.40. The van der Waals surface area contributed by atoms with Gasteiger partial charge in [0.1, 0.15) is 0 Å². The number of carbonyl (C=O) groups is 2. The number of alkyl halides is 1. The van der Waals surface area contributed by atoms with Gasteiger partial charge in [-0.05, 0) is 30.4 Å². The standard InChI is InChI=1S/C24H26FN5O4S/c25-22(35-11-9-26)19-6-3-10-30(19)24(34)21(32)20(31)23(33)29-14-17-8-7-16(13-28-17)18-5-2-1-4-15(18)12-27/h1-2,4-5,7-9,11,13,19-22,31-32H,3,6,10,14,26H2,(H,29,33)/b11-9-/t19-,20-,21-,22?/m1/s1. The maximum absolute atomic E-state index is 14.4. The number of nitrogens with zero attached hydrogens (tertiary/aromatic N) is 3. The number of hydrogen-bond donors (Lipinski definition) is 4. The zero-order valence-corrected chi connectivity index (χ0v) is 19.6. The van der Waals surface area contributed by atoms with Crippen LogP contribution in [0.5, 0.6) is 0 Å². The smallest absolute Gasteiger partial charge is 0.255 e. The molecule has 0 aliphatic carbocycles. The van der Waals surface area contributed by atoms with Crippen LogP contribution in [0.15, 0.2) is 54.2 Å². The number of aliphatic hydroxyl groups is 2. The van der Waals surface area contributed by atoms with E-state index in [4.69, 9.17) is 5.73 Å². The van der Waals surface area contributed by atoms with Crippen LogP contribution in [0, 0.1) is 11.3 Å². The van der Waals surface area contributed by atoms with E-state index in [2.05, 4.69) is 16.4 Å². The first-order valence-electron chi connectivity index (χ1n) is 10.9. The van der Waals surface area contributed by atoms with Crippen molar-refractivity contribution < 1.29 is 24.2 Å². The van der Waals surface area contributed by atoms with Crippen molar-refractivity contribution in [2.75, 3.05) is 6.54 Å². The minimum atomic E-state index is -2.03. The van der Waals surface area contributed by atoms with E-state index in [0.717, 1.165) is 27.8 Å². The van der Waals surface area contributed by atoms with Crippen LogP contribution in [0.3, 0.4) is 0 Å². The average Bonchev–Trinajstić information content (AvgIpc) is 3.39. The summed E-state index contributed by atoms with van der Waals surface area (Å²) in [5.74, 6) is -1.87. The first-order chi connectivity index (χ1) is 16.9. The fraction of sp³-hybridized carbons (Fsp3) is 0.333. The van der Waals surface area contributed by atoms with Gasteiger partial charge in [-0.1, -0.05) is 36.0 Å². The molecule has 0 spiro atoms. The normalized spacial score (nSPS) is 18.1. The van der Waals surface area contributed by atoms with Crippen LogP contribution in [0.1, 0.15) is 24.1 Å². The summed E-state index contributed by atoms with van der Waals surface area (Å²) in [6, 6.07) is 11.8. The van der Waals surface area contributed by atoms with Crippen molar-refractivity contribution in [3.8, 4) is 17.2 Å². The zero-order valence-electron chi connectivity index (χ0n) is 18.8. The van der Waals surface area contributed by atoms with Gasteiger partial charge in [-0.3, -0.25) is 14.6 Å². The van der Waals surface area contributed by atoms with Gasteiger partial charge in [0.2, 0.25) is 0 Å².